The lowest BCUT2D eigenvalue weighted by molar-refractivity contribution is -0.118. The van der Waals surface area contributed by atoms with Crippen molar-refractivity contribution >= 4 is 33.6 Å². The number of aliphatic hydroxyl groups excluding tert-OH is 1. The van der Waals surface area contributed by atoms with Gasteiger partial charge in [-0.25, -0.2) is 0 Å². The van der Waals surface area contributed by atoms with Gasteiger partial charge in [-0.15, -0.1) is 11.8 Å². The summed E-state index contributed by atoms with van der Waals surface area (Å²) in [4.78, 5) is 13.0. The van der Waals surface area contributed by atoms with Crippen molar-refractivity contribution in [1.82, 2.24) is 5.32 Å². The van der Waals surface area contributed by atoms with Crippen molar-refractivity contribution in [2.24, 2.45) is 5.92 Å². The van der Waals surface area contributed by atoms with Gasteiger partial charge in [0.05, 0.1) is 5.75 Å². The number of carbonyl (C=O) groups is 1. The highest BCUT2D eigenvalue weighted by Gasteiger charge is 2.10. The maximum atomic E-state index is 11.9. The Morgan fingerprint density at radius 1 is 1.43 bits per heavy atom. The van der Waals surface area contributed by atoms with Gasteiger partial charge in [0, 0.05) is 22.5 Å². The highest BCUT2D eigenvalue weighted by Crippen LogP contribution is 2.25. The maximum absolute atomic E-state index is 11.9. The van der Waals surface area contributed by atoms with E-state index >= 15 is 0 Å². The fraction of sp³-hybridized carbons (Fsp3) is 0.562. The number of aryl methyl sites for hydroxylation is 1. The molecule has 5 heteroatoms. The summed E-state index contributed by atoms with van der Waals surface area (Å²) in [6, 6.07) is 6.08. The van der Waals surface area contributed by atoms with Gasteiger partial charge in [0.25, 0.3) is 0 Å². The smallest absolute Gasteiger partial charge is 0.230 e. The summed E-state index contributed by atoms with van der Waals surface area (Å²) in [5.74, 6) is 0.866. The monoisotopic (exact) mass is 373 g/mol. The van der Waals surface area contributed by atoms with E-state index < -0.39 is 0 Å². The lowest BCUT2D eigenvalue weighted by Gasteiger charge is -2.15. The van der Waals surface area contributed by atoms with Crippen LogP contribution in [0.2, 0.25) is 0 Å². The number of amides is 1. The Bertz CT molecular complexity index is 448. The zero-order chi connectivity index (χ0) is 15.7. The first-order valence-electron chi connectivity index (χ1n) is 7.33. The van der Waals surface area contributed by atoms with Crippen LogP contribution in [0.1, 0.15) is 31.7 Å². The number of nitrogens with one attached hydrogen (secondary N) is 1. The number of hydrogen-bond acceptors (Lipinski definition) is 3. The van der Waals surface area contributed by atoms with E-state index in [2.05, 4.69) is 34.2 Å². The molecule has 0 fully saturated rings. The highest BCUT2D eigenvalue weighted by molar-refractivity contribution is 9.10. The number of aliphatic hydroxyl groups is 1. The number of halogens is 1. The quantitative estimate of drug-likeness (QED) is 0.647. The van der Waals surface area contributed by atoms with E-state index in [9.17, 15) is 4.79 Å². The van der Waals surface area contributed by atoms with Crippen LogP contribution >= 0.6 is 27.7 Å². The minimum absolute atomic E-state index is 0.0568. The van der Waals surface area contributed by atoms with Crippen LogP contribution in [0, 0.1) is 12.8 Å². The third-order valence-electron chi connectivity index (χ3n) is 3.32. The molecular formula is C16H24BrNO2S. The SMILES string of the molecule is CCCC(CCO)CNC(=O)CSc1ccc(Br)cc1C. The maximum Gasteiger partial charge on any atom is 0.230 e. The number of thioether (sulfide) groups is 1. The van der Waals surface area contributed by atoms with E-state index in [4.69, 9.17) is 5.11 Å². The van der Waals surface area contributed by atoms with Gasteiger partial charge in [-0.2, -0.15) is 0 Å². The van der Waals surface area contributed by atoms with Gasteiger partial charge in [0.1, 0.15) is 0 Å². The van der Waals surface area contributed by atoms with E-state index in [1.807, 2.05) is 19.1 Å². The molecule has 3 nitrogen and oxygen atoms in total. The van der Waals surface area contributed by atoms with E-state index in [0.29, 0.717) is 18.2 Å². The largest absolute Gasteiger partial charge is 0.396 e. The molecule has 0 aliphatic heterocycles. The zero-order valence-corrected chi connectivity index (χ0v) is 15.1. The van der Waals surface area contributed by atoms with E-state index in [1.54, 1.807) is 11.8 Å². The van der Waals surface area contributed by atoms with Crippen LogP contribution in [0.4, 0.5) is 0 Å². The molecule has 2 N–H and O–H groups in total. The summed E-state index contributed by atoms with van der Waals surface area (Å²) in [6.07, 6.45) is 2.88. The number of rotatable bonds is 9. The number of hydrogen-bond donors (Lipinski definition) is 2. The number of benzene rings is 1. The van der Waals surface area contributed by atoms with Crippen molar-refractivity contribution in [3.8, 4) is 0 Å². The van der Waals surface area contributed by atoms with Crippen molar-refractivity contribution in [1.29, 1.82) is 0 Å². The molecule has 0 aliphatic rings. The molecule has 0 aromatic heterocycles. The molecule has 0 saturated carbocycles. The minimum Gasteiger partial charge on any atom is -0.396 e. The molecule has 0 bridgehead atoms. The molecule has 1 amide bonds. The van der Waals surface area contributed by atoms with Gasteiger partial charge in [0.15, 0.2) is 0 Å². The Kier molecular flexibility index (Phi) is 9.04. The zero-order valence-electron chi connectivity index (χ0n) is 12.7. The summed E-state index contributed by atoms with van der Waals surface area (Å²) >= 11 is 5.00. The van der Waals surface area contributed by atoms with E-state index in [-0.39, 0.29) is 12.5 Å². The summed E-state index contributed by atoms with van der Waals surface area (Å²) in [5, 5.41) is 12.0. The predicted octanol–water partition coefficient (Wildman–Crippen LogP) is 3.76. The molecule has 0 spiro atoms. The average Bonchev–Trinajstić information content (AvgIpc) is 2.44. The van der Waals surface area contributed by atoms with Gasteiger partial charge in [-0.05, 0) is 49.4 Å². The van der Waals surface area contributed by atoms with Crippen molar-refractivity contribution in [3.05, 3.63) is 28.2 Å². The second-order valence-electron chi connectivity index (χ2n) is 5.17. The molecule has 118 valence electrons. The fourth-order valence-electron chi connectivity index (χ4n) is 2.17. The molecule has 21 heavy (non-hydrogen) atoms. The van der Waals surface area contributed by atoms with Gasteiger partial charge in [-0.3, -0.25) is 4.79 Å². The Morgan fingerprint density at radius 3 is 2.81 bits per heavy atom. The van der Waals surface area contributed by atoms with Crippen LogP contribution < -0.4 is 5.32 Å². The van der Waals surface area contributed by atoms with Gasteiger partial charge in [0.2, 0.25) is 5.91 Å². The van der Waals surface area contributed by atoms with Crippen LogP contribution in [0.15, 0.2) is 27.6 Å². The second-order valence-corrected chi connectivity index (χ2v) is 7.10. The van der Waals surface area contributed by atoms with Gasteiger partial charge in [-0.1, -0.05) is 29.3 Å². The Morgan fingerprint density at radius 2 is 2.19 bits per heavy atom. The molecular weight excluding hydrogens is 350 g/mol. The fourth-order valence-corrected chi connectivity index (χ4v) is 3.48. The summed E-state index contributed by atoms with van der Waals surface area (Å²) in [5.41, 5.74) is 1.17. The Labute approximate surface area is 140 Å². The third-order valence-corrected chi connectivity index (χ3v) is 4.99. The molecule has 0 aliphatic carbocycles. The van der Waals surface area contributed by atoms with Crippen molar-refractivity contribution in [3.63, 3.8) is 0 Å². The van der Waals surface area contributed by atoms with Crippen molar-refractivity contribution in [2.75, 3.05) is 18.9 Å². The Balaban J connectivity index is 2.36. The normalized spacial score (nSPS) is 12.2. The molecule has 1 aromatic carbocycles. The van der Waals surface area contributed by atoms with Crippen molar-refractivity contribution < 1.29 is 9.90 Å². The summed E-state index contributed by atoms with van der Waals surface area (Å²) < 4.78 is 1.06. The second kappa shape index (κ2) is 10.2. The molecule has 1 aromatic rings. The Hall–Kier alpha value is -0.520. The van der Waals surface area contributed by atoms with Crippen LogP contribution in [0.25, 0.3) is 0 Å². The minimum atomic E-state index is 0.0568. The van der Waals surface area contributed by atoms with Gasteiger partial charge < -0.3 is 10.4 Å². The lowest BCUT2D eigenvalue weighted by atomic mass is 10.0. The predicted molar refractivity (Wildman–Crippen MR) is 92.7 cm³/mol. The topological polar surface area (TPSA) is 49.3 Å². The molecule has 1 atom stereocenters. The van der Waals surface area contributed by atoms with Crippen LogP contribution in [-0.4, -0.2) is 29.9 Å². The van der Waals surface area contributed by atoms with Crippen LogP contribution in [0.5, 0.6) is 0 Å². The first-order valence-corrected chi connectivity index (χ1v) is 9.11. The van der Waals surface area contributed by atoms with Crippen LogP contribution in [0.3, 0.4) is 0 Å². The van der Waals surface area contributed by atoms with E-state index in [0.717, 1.165) is 28.6 Å². The molecule has 1 rings (SSSR count). The molecule has 0 heterocycles. The highest BCUT2D eigenvalue weighted by atomic mass is 79.9. The first-order chi connectivity index (χ1) is 10.1. The molecule has 1 unspecified atom stereocenters. The first kappa shape index (κ1) is 18.5. The average molecular weight is 374 g/mol. The summed E-state index contributed by atoms with van der Waals surface area (Å²) in [6.45, 7) is 5.02. The molecule has 0 radical (unpaired) electrons. The van der Waals surface area contributed by atoms with E-state index in [1.165, 1.54) is 5.56 Å². The summed E-state index contributed by atoms with van der Waals surface area (Å²) in [7, 11) is 0. The van der Waals surface area contributed by atoms with Gasteiger partial charge >= 0.3 is 0 Å². The third kappa shape index (κ3) is 7.34. The lowest BCUT2D eigenvalue weighted by Crippen LogP contribution is -2.31. The van der Waals surface area contributed by atoms with Crippen molar-refractivity contribution in [2.45, 2.75) is 38.0 Å². The number of carbonyl (C=O) groups excluding carboxylic acids is 1. The molecule has 0 saturated heterocycles. The van der Waals surface area contributed by atoms with Crippen LogP contribution in [-0.2, 0) is 4.79 Å². The standard InChI is InChI=1S/C16H24BrNO2S/c1-3-4-13(7-8-19)10-18-16(20)11-21-15-6-5-14(17)9-12(15)2/h5-6,9,13,19H,3-4,7-8,10-11H2,1-2H3,(H,18,20).